The highest BCUT2D eigenvalue weighted by Gasteiger charge is 2.11. The minimum atomic E-state index is -0.0232. The Morgan fingerprint density at radius 2 is 1.75 bits per heavy atom. The minimum Gasteiger partial charge on any atom is -0.496 e. The highest BCUT2D eigenvalue weighted by Crippen LogP contribution is 2.24. The fourth-order valence-corrected chi connectivity index (χ4v) is 2.68. The molecule has 0 aliphatic heterocycles. The van der Waals surface area contributed by atoms with Crippen LogP contribution in [0.1, 0.15) is 11.1 Å². The molecule has 0 saturated carbocycles. The van der Waals surface area contributed by atoms with Crippen molar-refractivity contribution in [2.75, 3.05) is 7.11 Å². The quantitative estimate of drug-likeness (QED) is 0.902. The van der Waals surface area contributed by atoms with Gasteiger partial charge in [-0.3, -0.25) is 0 Å². The van der Waals surface area contributed by atoms with Gasteiger partial charge in [-0.15, -0.1) is 0 Å². The molecule has 0 saturated heterocycles. The van der Waals surface area contributed by atoms with Crippen molar-refractivity contribution in [1.29, 1.82) is 0 Å². The third-order valence-corrected chi connectivity index (χ3v) is 3.76. The average Bonchev–Trinajstić information content (AvgIpc) is 2.42. The van der Waals surface area contributed by atoms with Gasteiger partial charge >= 0.3 is 0 Å². The Morgan fingerprint density at radius 3 is 2.45 bits per heavy atom. The lowest BCUT2D eigenvalue weighted by molar-refractivity contribution is 0.408. The molecule has 2 N–H and O–H groups in total. The van der Waals surface area contributed by atoms with E-state index in [4.69, 9.17) is 33.7 Å². The highest BCUT2D eigenvalue weighted by atomic mass is 35.5. The van der Waals surface area contributed by atoms with Crippen LogP contribution >= 0.6 is 23.2 Å². The molecule has 1 atom stereocenters. The predicted molar refractivity (Wildman–Crippen MR) is 84.8 cm³/mol. The first-order valence-corrected chi connectivity index (χ1v) is 7.17. The lowest BCUT2D eigenvalue weighted by Gasteiger charge is -2.15. The first kappa shape index (κ1) is 15.2. The number of hydrogen-bond donors (Lipinski definition) is 1. The highest BCUT2D eigenvalue weighted by molar-refractivity contribution is 6.35. The summed E-state index contributed by atoms with van der Waals surface area (Å²) < 4.78 is 5.34. The van der Waals surface area contributed by atoms with Crippen molar-refractivity contribution < 1.29 is 4.74 Å². The van der Waals surface area contributed by atoms with Crippen molar-refractivity contribution in [2.45, 2.75) is 18.9 Å². The van der Waals surface area contributed by atoms with Gasteiger partial charge in [0.05, 0.1) is 7.11 Å². The molecule has 0 aromatic heterocycles. The van der Waals surface area contributed by atoms with E-state index in [2.05, 4.69) is 0 Å². The molecule has 0 aliphatic carbocycles. The number of ether oxygens (including phenoxy) is 1. The Bertz CT molecular complexity index is 586. The molecule has 0 bridgehead atoms. The second-order valence-corrected chi connectivity index (χ2v) is 5.56. The summed E-state index contributed by atoms with van der Waals surface area (Å²) in [5.74, 6) is 0.866. The number of methoxy groups -OCH3 is 1. The largest absolute Gasteiger partial charge is 0.496 e. The molecular weight excluding hydrogens is 293 g/mol. The number of halogens is 2. The number of hydrogen-bond acceptors (Lipinski definition) is 2. The molecule has 0 aliphatic rings. The zero-order chi connectivity index (χ0) is 14.5. The van der Waals surface area contributed by atoms with Crippen molar-refractivity contribution in [2.24, 2.45) is 5.73 Å². The minimum absolute atomic E-state index is 0.0232. The monoisotopic (exact) mass is 309 g/mol. The topological polar surface area (TPSA) is 35.2 Å². The van der Waals surface area contributed by atoms with Crippen LogP contribution in [0.25, 0.3) is 0 Å². The summed E-state index contributed by atoms with van der Waals surface area (Å²) in [7, 11) is 1.67. The van der Waals surface area contributed by atoms with Gasteiger partial charge in [-0.2, -0.15) is 0 Å². The summed E-state index contributed by atoms with van der Waals surface area (Å²) in [5, 5.41) is 1.30. The van der Waals surface area contributed by atoms with Crippen molar-refractivity contribution >= 4 is 23.2 Å². The van der Waals surface area contributed by atoms with Gasteiger partial charge in [0.1, 0.15) is 5.75 Å². The standard InChI is InChI=1S/C16H17Cl2NO/c1-20-16-5-3-2-4-12(16)9-14(19)8-11-6-7-13(17)10-15(11)18/h2-7,10,14H,8-9,19H2,1H3. The van der Waals surface area contributed by atoms with Gasteiger partial charge in [-0.05, 0) is 42.2 Å². The van der Waals surface area contributed by atoms with E-state index < -0.39 is 0 Å². The third kappa shape index (κ3) is 3.89. The van der Waals surface area contributed by atoms with Gasteiger partial charge in [0, 0.05) is 16.1 Å². The van der Waals surface area contributed by atoms with Crippen molar-refractivity contribution in [3.63, 3.8) is 0 Å². The van der Waals surface area contributed by atoms with Crippen LogP contribution in [0.15, 0.2) is 42.5 Å². The second kappa shape index (κ2) is 6.98. The summed E-state index contributed by atoms with van der Waals surface area (Å²) in [6.45, 7) is 0. The van der Waals surface area contributed by atoms with Gasteiger partial charge < -0.3 is 10.5 Å². The van der Waals surface area contributed by atoms with E-state index in [-0.39, 0.29) is 6.04 Å². The molecule has 0 amide bonds. The van der Waals surface area contributed by atoms with E-state index in [1.54, 1.807) is 13.2 Å². The molecule has 1 unspecified atom stereocenters. The average molecular weight is 310 g/mol. The molecule has 0 spiro atoms. The zero-order valence-corrected chi connectivity index (χ0v) is 12.8. The van der Waals surface area contributed by atoms with E-state index >= 15 is 0 Å². The van der Waals surface area contributed by atoms with Gasteiger partial charge in [-0.1, -0.05) is 47.5 Å². The smallest absolute Gasteiger partial charge is 0.122 e. The summed E-state index contributed by atoms with van der Waals surface area (Å²) in [6, 6.07) is 13.4. The molecule has 2 nitrogen and oxygen atoms in total. The van der Waals surface area contributed by atoms with Crippen LogP contribution in [0.5, 0.6) is 5.75 Å². The number of rotatable bonds is 5. The van der Waals surface area contributed by atoms with E-state index in [9.17, 15) is 0 Å². The van der Waals surface area contributed by atoms with E-state index in [1.165, 1.54) is 0 Å². The van der Waals surface area contributed by atoms with Crippen molar-refractivity contribution in [1.82, 2.24) is 0 Å². The van der Waals surface area contributed by atoms with E-state index in [0.717, 1.165) is 23.3 Å². The number of benzene rings is 2. The first-order chi connectivity index (χ1) is 9.60. The Kier molecular flexibility index (Phi) is 5.30. The zero-order valence-electron chi connectivity index (χ0n) is 11.3. The van der Waals surface area contributed by atoms with Crippen LogP contribution in [0.2, 0.25) is 10.0 Å². The third-order valence-electron chi connectivity index (χ3n) is 3.17. The molecule has 2 aromatic carbocycles. The summed E-state index contributed by atoms with van der Waals surface area (Å²) in [5.41, 5.74) is 8.34. The predicted octanol–water partition coefficient (Wildman–Crippen LogP) is 4.11. The summed E-state index contributed by atoms with van der Waals surface area (Å²) >= 11 is 12.1. The molecule has 2 aromatic rings. The maximum atomic E-state index is 6.22. The molecule has 0 heterocycles. The molecule has 20 heavy (non-hydrogen) atoms. The maximum Gasteiger partial charge on any atom is 0.122 e. The Labute approximate surface area is 129 Å². The van der Waals surface area contributed by atoms with Gasteiger partial charge in [0.2, 0.25) is 0 Å². The lowest BCUT2D eigenvalue weighted by Crippen LogP contribution is -2.25. The van der Waals surface area contributed by atoms with Crippen LogP contribution < -0.4 is 10.5 Å². The summed E-state index contributed by atoms with van der Waals surface area (Å²) in [4.78, 5) is 0. The van der Waals surface area contributed by atoms with Crippen molar-refractivity contribution in [3.8, 4) is 5.75 Å². The molecular formula is C16H17Cl2NO. The molecule has 0 radical (unpaired) electrons. The van der Waals surface area contributed by atoms with Crippen LogP contribution in [0.3, 0.4) is 0 Å². The number of para-hydroxylation sites is 1. The van der Waals surface area contributed by atoms with Crippen LogP contribution in [-0.2, 0) is 12.8 Å². The molecule has 0 fully saturated rings. The van der Waals surface area contributed by atoms with E-state index in [1.807, 2.05) is 36.4 Å². The molecule has 4 heteroatoms. The SMILES string of the molecule is COc1ccccc1CC(N)Cc1ccc(Cl)cc1Cl. The van der Waals surface area contributed by atoms with Gasteiger partial charge in [0.25, 0.3) is 0 Å². The van der Waals surface area contributed by atoms with Crippen LogP contribution in [0.4, 0.5) is 0 Å². The maximum absolute atomic E-state index is 6.22. The Balaban J connectivity index is 2.07. The number of nitrogens with two attached hydrogens (primary N) is 1. The van der Waals surface area contributed by atoms with Gasteiger partial charge in [-0.25, -0.2) is 0 Å². The molecule has 2 rings (SSSR count). The fraction of sp³-hybridized carbons (Fsp3) is 0.250. The molecule has 106 valence electrons. The van der Waals surface area contributed by atoms with Crippen LogP contribution in [0, 0.1) is 0 Å². The van der Waals surface area contributed by atoms with Crippen LogP contribution in [-0.4, -0.2) is 13.2 Å². The summed E-state index contributed by atoms with van der Waals surface area (Å²) in [6.07, 6.45) is 1.44. The lowest BCUT2D eigenvalue weighted by atomic mass is 9.99. The second-order valence-electron chi connectivity index (χ2n) is 4.72. The van der Waals surface area contributed by atoms with Crippen molar-refractivity contribution in [3.05, 3.63) is 63.6 Å². The first-order valence-electron chi connectivity index (χ1n) is 6.41. The van der Waals surface area contributed by atoms with E-state index in [0.29, 0.717) is 16.5 Å². The van der Waals surface area contributed by atoms with Gasteiger partial charge in [0.15, 0.2) is 0 Å². The normalized spacial score (nSPS) is 12.2. The fourth-order valence-electron chi connectivity index (χ4n) is 2.20. The Morgan fingerprint density at radius 1 is 1.05 bits per heavy atom. The Hall–Kier alpha value is -1.22.